The first-order valence-electron chi connectivity index (χ1n) is 31.5. The Morgan fingerprint density at radius 1 is 0.361 bits per heavy atom. The molecule has 0 aromatic heterocycles. The van der Waals surface area contributed by atoms with E-state index in [1.54, 1.807) is 0 Å². The first-order chi connectivity index (χ1) is 39.3. The van der Waals surface area contributed by atoms with Gasteiger partial charge in [-0.05, 0) is 194 Å². The highest BCUT2D eigenvalue weighted by Gasteiger charge is 2.31. The summed E-state index contributed by atoms with van der Waals surface area (Å²) in [6.45, 7) is 18.8. The molecule has 0 spiro atoms. The zero-order valence-electron chi connectivity index (χ0n) is 52.6. The standard InChI is InChI=1S/C59H121N15O9/c1-8-59(7,9-2)42-83-58(5,6)32-41-82-57(3,4)31-40-71-55(80)48(74-56(81)49(73-53(78)46(67)27-13-20-36-63)30-16-22-38-69-51(76)44(65)25-11-18-34-61)29-15-23-39-70-54(79)47(72-52(77)45(66)26-12-19-35-62)28-14-21-37-68-50(75)43(64)24-10-17-33-60/h43-49H,8-42,60-67H2,1-7H3,(H,68,75)(H,69,76)(H,70,79)(H,71,80)(H,72,77)(H,73,78)(H,74,81). The molecule has 0 aliphatic heterocycles. The molecule has 23 N–H and O–H groups in total. The maximum absolute atomic E-state index is 14.3. The van der Waals surface area contributed by atoms with E-state index in [1.807, 2.05) is 13.8 Å². The van der Waals surface area contributed by atoms with E-state index in [4.69, 9.17) is 55.3 Å². The maximum atomic E-state index is 14.3. The number of amides is 7. The Hall–Kier alpha value is -4.11. The van der Waals surface area contributed by atoms with Crippen LogP contribution >= 0.6 is 0 Å². The van der Waals surface area contributed by atoms with E-state index in [9.17, 15) is 33.6 Å². The second-order valence-electron chi connectivity index (χ2n) is 24.1. The van der Waals surface area contributed by atoms with Crippen molar-refractivity contribution in [1.29, 1.82) is 0 Å². The number of hydrogen-bond donors (Lipinski definition) is 15. The summed E-state index contributed by atoms with van der Waals surface area (Å²) in [5.41, 5.74) is 46.1. The highest BCUT2D eigenvalue weighted by molar-refractivity contribution is 5.93. The quantitative estimate of drug-likeness (QED) is 0.0383. The molecule has 7 atom stereocenters. The van der Waals surface area contributed by atoms with E-state index in [-0.39, 0.29) is 49.6 Å². The van der Waals surface area contributed by atoms with Crippen LogP contribution in [0, 0.1) is 5.41 Å². The lowest BCUT2D eigenvalue weighted by Gasteiger charge is -2.34. The van der Waals surface area contributed by atoms with Gasteiger partial charge in [0.15, 0.2) is 0 Å². The number of nitrogens with two attached hydrogens (primary N) is 8. The fraction of sp³-hybridized carbons (Fsp3) is 0.881. The molecule has 7 unspecified atom stereocenters. The minimum absolute atomic E-state index is 0.101. The van der Waals surface area contributed by atoms with Gasteiger partial charge in [-0.15, -0.1) is 0 Å². The minimum atomic E-state index is -1.06. The van der Waals surface area contributed by atoms with Crippen molar-refractivity contribution in [2.45, 2.75) is 262 Å². The molecule has 0 rings (SSSR count). The Balaban J connectivity index is 6.29. The first kappa shape index (κ1) is 78.9. The van der Waals surface area contributed by atoms with Crippen molar-refractivity contribution in [3.8, 4) is 0 Å². The number of rotatable bonds is 53. The van der Waals surface area contributed by atoms with E-state index >= 15 is 0 Å². The molecule has 0 aromatic rings. The Bertz CT molecular complexity index is 1790. The molecule has 0 aliphatic carbocycles. The Labute approximate surface area is 499 Å². The average molecular weight is 1180 g/mol. The van der Waals surface area contributed by atoms with Crippen LogP contribution in [-0.2, 0) is 43.0 Å². The van der Waals surface area contributed by atoms with Gasteiger partial charge in [-0.25, -0.2) is 0 Å². The van der Waals surface area contributed by atoms with Crippen molar-refractivity contribution in [2.75, 3.05) is 65.6 Å². The fourth-order valence-corrected chi connectivity index (χ4v) is 8.79. The molecule has 0 heterocycles. The third-order valence-corrected chi connectivity index (χ3v) is 15.5. The molecular weight excluding hydrogens is 1060 g/mol. The number of unbranched alkanes of at least 4 members (excludes halogenated alkanes) is 7. The van der Waals surface area contributed by atoms with Crippen LogP contribution in [0.5, 0.6) is 0 Å². The van der Waals surface area contributed by atoms with Crippen LogP contribution in [0.15, 0.2) is 0 Å². The second-order valence-corrected chi connectivity index (χ2v) is 24.1. The maximum Gasteiger partial charge on any atom is 0.243 e. The van der Waals surface area contributed by atoms with Gasteiger partial charge in [-0.2, -0.15) is 0 Å². The van der Waals surface area contributed by atoms with E-state index in [0.29, 0.717) is 155 Å². The third-order valence-electron chi connectivity index (χ3n) is 15.5. The Morgan fingerprint density at radius 2 is 0.663 bits per heavy atom. The summed E-state index contributed by atoms with van der Waals surface area (Å²) in [5, 5.41) is 20.2. The smallest absolute Gasteiger partial charge is 0.243 e. The SMILES string of the molecule is CCC(C)(CC)COC(C)(C)CCOC(C)(C)CCNC(=O)C(CCCCNC(=O)C(CCCCNC(=O)C(N)CCCCN)NC(=O)C(N)CCCCN)NC(=O)C(CCCCNC(=O)C(N)CCCCN)NC(=O)C(N)CCCCN. The molecule has 0 fully saturated rings. The molecule has 0 saturated carbocycles. The summed E-state index contributed by atoms with van der Waals surface area (Å²) in [6, 6.07) is -6.05. The molecule has 0 radical (unpaired) electrons. The van der Waals surface area contributed by atoms with Gasteiger partial charge < -0.3 is 92.6 Å². The molecule has 0 aromatic carbocycles. The predicted molar refractivity (Wildman–Crippen MR) is 331 cm³/mol. The summed E-state index contributed by atoms with van der Waals surface area (Å²) in [4.78, 5) is 94.0. The zero-order chi connectivity index (χ0) is 62.7. The molecule has 0 aliphatic rings. The van der Waals surface area contributed by atoms with E-state index in [0.717, 1.165) is 38.5 Å². The lowest BCUT2D eigenvalue weighted by Crippen LogP contribution is -2.56. The van der Waals surface area contributed by atoms with E-state index in [1.165, 1.54) is 0 Å². The molecule has 486 valence electrons. The lowest BCUT2D eigenvalue weighted by molar-refractivity contribution is -0.132. The monoisotopic (exact) mass is 1180 g/mol. The van der Waals surface area contributed by atoms with E-state index in [2.05, 4.69) is 71.8 Å². The van der Waals surface area contributed by atoms with E-state index < -0.39 is 83.0 Å². The molecule has 0 bridgehead atoms. The molecule has 7 amide bonds. The minimum Gasteiger partial charge on any atom is -0.375 e. The fourth-order valence-electron chi connectivity index (χ4n) is 8.79. The molecule has 24 heteroatoms. The number of ether oxygens (including phenoxy) is 2. The lowest BCUT2D eigenvalue weighted by atomic mass is 9.85. The number of nitrogens with one attached hydrogen (secondary N) is 7. The van der Waals surface area contributed by atoms with Crippen molar-refractivity contribution in [2.24, 2.45) is 51.3 Å². The van der Waals surface area contributed by atoms with Crippen LogP contribution in [0.3, 0.4) is 0 Å². The summed E-state index contributed by atoms with van der Waals surface area (Å²) in [5.74, 6) is -2.94. The Morgan fingerprint density at radius 3 is 1.02 bits per heavy atom. The summed E-state index contributed by atoms with van der Waals surface area (Å²) >= 11 is 0. The van der Waals surface area contributed by atoms with Crippen LogP contribution in [-0.4, -0.2) is 160 Å². The molecule has 24 nitrogen and oxygen atoms in total. The molecule has 0 saturated heterocycles. The van der Waals surface area contributed by atoms with Crippen LogP contribution in [0.25, 0.3) is 0 Å². The third kappa shape index (κ3) is 38.5. The van der Waals surface area contributed by atoms with Gasteiger partial charge in [-0.1, -0.05) is 46.5 Å². The summed E-state index contributed by atoms with van der Waals surface area (Å²) in [6.07, 6.45) is 14.0. The number of carbonyl (C=O) groups excluding carboxylic acids is 7. The van der Waals surface area contributed by atoms with Gasteiger partial charge in [0.2, 0.25) is 41.4 Å². The van der Waals surface area contributed by atoms with Crippen molar-refractivity contribution in [1.82, 2.24) is 37.2 Å². The van der Waals surface area contributed by atoms with Crippen LogP contribution in [0.2, 0.25) is 0 Å². The second kappa shape index (κ2) is 46.2. The van der Waals surface area contributed by atoms with Crippen molar-refractivity contribution < 1.29 is 43.0 Å². The molecule has 83 heavy (non-hydrogen) atoms. The van der Waals surface area contributed by atoms with Gasteiger partial charge in [0.1, 0.15) is 18.1 Å². The Kier molecular flexibility index (Phi) is 43.9. The van der Waals surface area contributed by atoms with Gasteiger partial charge in [0, 0.05) is 26.2 Å². The number of hydrogen-bond acceptors (Lipinski definition) is 17. The topological polar surface area (TPSA) is 430 Å². The van der Waals surface area contributed by atoms with Crippen molar-refractivity contribution in [3.05, 3.63) is 0 Å². The van der Waals surface area contributed by atoms with Crippen molar-refractivity contribution in [3.63, 3.8) is 0 Å². The van der Waals surface area contributed by atoms with Gasteiger partial charge in [0.05, 0.1) is 48.6 Å². The van der Waals surface area contributed by atoms with Crippen LogP contribution in [0.4, 0.5) is 0 Å². The van der Waals surface area contributed by atoms with Crippen LogP contribution < -0.4 is 83.1 Å². The zero-order valence-corrected chi connectivity index (χ0v) is 52.6. The van der Waals surface area contributed by atoms with Crippen LogP contribution in [0.1, 0.15) is 209 Å². The summed E-state index contributed by atoms with van der Waals surface area (Å²) in [7, 11) is 0. The van der Waals surface area contributed by atoms with Gasteiger partial charge in [0.25, 0.3) is 0 Å². The van der Waals surface area contributed by atoms with Gasteiger partial charge >= 0.3 is 0 Å². The van der Waals surface area contributed by atoms with Crippen molar-refractivity contribution >= 4 is 41.4 Å². The summed E-state index contributed by atoms with van der Waals surface area (Å²) < 4.78 is 12.7. The largest absolute Gasteiger partial charge is 0.375 e. The first-order valence-corrected chi connectivity index (χ1v) is 31.5. The van der Waals surface area contributed by atoms with Gasteiger partial charge in [-0.3, -0.25) is 33.6 Å². The highest BCUT2D eigenvalue weighted by atomic mass is 16.5. The highest BCUT2D eigenvalue weighted by Crippen LogP contribution is 2.29. The average Bonchev–Trinajstić information content (AvgIpc) is 3.48. The predicted octanol–water partition coefficient (Wildman–Crippen LogP) is 1.44. The normalized spacial score (nSPS) is 14.5. The number of carbonyl (C=O) groups is 7. The molecular formula is C59H121N15O9.